The molecule has 4 unspecified atom stereocenters. The van der Waals surface area contributed by atoms with E-state index in [0.717, 1.165) is 48.2 Å². The van der Waals surface area contributed by atoms with E-state index in [4.69, 9.17) is 9.72 Å². The Balaban J connectivity index is 1.14. The normalized spacial score (nSPS) is 26.5. The lowest BCUT2D eigenvalue weighted by Crippen LogP contribution is -2.54. The Hall–Kier alpha value is -3.61. The number of piperidine rings is 1. The van der Waals surface area contributed by atoms with E-state index in [9.17, 15) is 9.59 Å². The molecule has 3 fully saturated rings. The van der Waals surface area contributed by atoms with Crippen molar-refractivity contribution in [1.82, 2.24) is 20.2 Å². The average molecular weight is 553 g/mol. The van der Waals surface area contributed by atoms with Crippen molar-refractivity contribution >= 4 is 12.0 Å². The summed E-state index contributed by atoms with van der Waals surface area (Å²) >= 11 is 0. The van der Waals surface area contributed by atoms with Crippen molar-refractivity contribution in [3.05, 3.63) is 65.1 Å². The lowest BCUT2D eigenvalue weighted by atomic mass is 9.73. The second kappa shape index (κ2) is 10.0. The Labute approximate surface area is 242 Å². The molecule has 2 N–H and O–H groups in total. The van der Waals surface area contributed by atoms with Crippen LogP contribution in [0, 0.1) is 24.7 Å². The highest BCUT2D eigenvalue weighted by Crippen LogP contribution is 2.54. The van der Waals surface area contributed by atoms with Gasteiger partial charge in [0.1, 0.15) is 11.9 Å². The van der Waals surface area contributed by atoms with Crippen molar-refractivity contribution in [1.29, 1.82) is 0 Å². The van der Waals surface area contributed by atoms with Crippen molar-refractivity contribution in [3.8, 4) is 22.4 Å². The third kappa shape index (κ3) is 4.27. The average Bonchev–Trinajstić information content (AvgIpc) is 3.75. The van der Waals surface area contributed by atoms with Crippen LogP contribution in [0.5, 0.6) is 0 Å². The highest BCUT2D eigenvalue weighted by atomic mass is 16.5. The summed E-state index contributed by atoms with van der Waals surface area (Å²) in [5, 5.41) is 2.77. The number of hydrogen-bond donors (Lipinski definition) is 2. The number of nitrogens with one attached hydrogen (secondary N) is 2. The summed E-state index contributed by atoms with van der Waals surface area (Å²) in [5.74, 6) is 2.71. The summed E-state index contributed by atoms with van der Waals surface area (Å²) in [4.78, 5) is 36.2. The number of fused-ring (bicyclic) bond motifs is 5. The summed E-state index contributed by atoms with van der Waals surface area (Å²) in [5.41, 5.74) is 9.34. The Bertz CT molecular complexity index is 1490. The van der Waals surface area contributed by atoms with Gasteiger partial charge < -0.3 is 19.9 Å². The molecule has 2 saturated carbocycles. The first-order chi connectivity index (χ1) is 19.8. The van der Waals surface area contributed by atoms with Crippen LogP contribution in [-0.4, -0.2) is 46.1 Å². The highest BCUT2D eigenvalue weighted by molar-refractivity contribution is 5.87. The zero-order valence-corrected chi connectivity index (χ0v) is 24.4. The minimum atomic E-state index is -0.635. The van der Waals surface area contributed by atoms with Gasteiger partial charge in [-0.25, -0.2) is 9.78 Å². The molecule has 0 radical (unpaired) electrons. The summed E-state index contributed by atoms with van der Waals surface area (Å²) in [6.07, 6.45) is 8.30. The molecule has 41 heavy (non-hydrogen) atoms. The third-order valence-electron chi connectivity index (χ3n) is 10.4. The standard InChI is InChI=1S/C34H40N4O3/c1-18(2)30(37-34(40)41-4)33(39)38-24-12-10-23(15-24)31(38)32-35-17-28(36-32)21-8-6-20(7-9-21)25-13-5-19(3)29-26-14-11-22(26)16-27(25)29/h5-9,13,17-18,22-24,26,30-31H,10-12,14-16H2,1-4H3,(H,35,36)(H,37,40)/t22?,23?,24?,26?,30-,31-/m0/s1. The number of methoxy groups -OCH3 is 1. The molecule has 7 heteroatoms. The number of H-pyrrole nitrogens is 1. The minimum absolute atomic E-state index is 0.0519. The van der Waals surface area contributed by atoms with E-state index in [1.807, 2.05) is 24.9 Å². The Kier molecular flexibility index (Phi) is 6.44. The number of aryl methyl sites for hydroxylation is 1. The smallest absolute Gasteiger partial charge is 0.407 e. The van der Waals surface area contributed by atoms with Gasteiger partial charge in [0, 0.05) is 6.04 Å². The lowest BCUT2D eigenvalue weighted by Gasteiger charge is -2.37. The molecule has 7 rings (SSSR count). The van der Waals surface area contributed by atoms with Crippen molar-refractivity contribution in [2.45, 2.75) is 83.3 Å². The maximum Gasteiger partial charge on any atom is 0.407 e. The molecule has 1 aromatic heterocycles. The van der Waals surface area contributed by atoms with Gasteiger partial charge in [-0.15, -0.1) is 0 Å². The molecule has 2 heterocycles. The first-order valence-corrected chi connectivity index (χ1v) is 15.3. The van der Waals surface area contributed by atoms with Crippen molar-refractivity contribution in [3.63, 3.8) is 0 Å². The fraction of sp³-hybridized carbons (Fsp3) is 0.500. The number of likely N-dealkylation sites (tertiary alicyclic amines) is 1. The number of rotatable bonds is 6. The van der Waals surface area contributed by atoms with Gasteiger partial charge in [0.25, 0.3) is 0 Å². The number of alkyl carbamates (subject to hydrolysis) is 1. The summed E-state index contributed by atoms with van der Waals surface area (Å²) in [7, 11) is 1.32. The predicted octanol–water partition coefficient (Wildman–Crippen LogP) is 6.53. The first kappa shape index (κ1) is 26.3. The zero-order valence-electron chi connectivity index (χ0n) is 24.4. The quantitative estimate of drug-likeness (QED) is 0.364. The molecule has 1 aliphatic heterocycles. The van der Waals surface area contributed by atoms with E-state index in [1.165, 1.54) is 43.1 Å². The van der Waals surface area contributed by atoms with Gasteiger partial charge in [-0.1, -0.05) is 50.2 Å². The largest absolute Gasteiger partial charge is 0.453 e. The van der Waals surface area contributed by atoms with Gasteiger partial charge in [0.15, 0.2) is 0 Å². The Morgan fingerprint density at radius 1 is 1.02 bits per heavy atom. The Morgan fingerprint density at radius 2 is 1.78 bits per heavy atom. The second-order valence-electron chi connectivity index (χ2n) is 13.0. The van der Waals surface area contributed by atoms with E-state index >= 15 is 0 Å². The van der Waals surface area contributed by atoms with Crippen molar-refractivity contribution in [2.24, 2.45) is 17.8 Å². The van der Waals surface area contributed by atoms with Crippen LogP contribution < -0.4 is 5.32 Å². The van der Waals surface area contributed by atoms with Crippen LogP contribution in [0.25, 0.3) is 22.4 Å². The molecule has 4 aliphatic rings. The van der Waals surface area contributed by atoms with E-state index < -0.39 is 12.1 Å². The van der Waals surface area contributed by atoms with Gasteiger partial charge in [0.05, 0.1) is 25.0 Å². The predicted molar refractivity (Wildman–Crippen MR) is 158 cm³/mol. The maximum absolute atomic E-state index is 13.8. The molecule has 2 amide bonds. The molecule has 0 spiro atoms. The number of hydrogen-bond acceptors (Lipinski definition) is 4. The first-order valence-electron chi connectivity index (χ1n) is 15.3. The summed E-state index contributed by atoms with van der Waals surface area (Å²) < 4.78 is 4.81. The highest BCUT2D eigenvalue weighted by Gasteiger charge is 2.51. The number of carbonyl (C=O) groups is 2. The van der Waals surface area contributed by atoms with E-state index in [2.05, 4.69) is 53.6 Å². The van der Waals surface area contributed by atoms with Gasteiger partial charge in [-0.05, 0) is 103 Å². The number of ether oxygens (including phenoxy) is 1. The van der Waals surface area contributed by atoms with Crippen molar-refractivity contribution in [2.75, 3.05) is 7.11 Å². The minimum Gasteiger partial charge on any atom is -0.453 e. The third-order valence-corrected chi connectivity index (χ3v) is 10.4. The van der Waals surface area contributed by atoms with Crippen LogP contribution in [0.3, 0.4) is 0 Å². The van der Waals surface area contributed by atoms with Gasteiger partial charge >= 0.3 is 6.09 Å². The van der Waals surface area contributed by atoms with Crippen LogP contribution in [0.15, 0.2) is 42.6 Å². The molecular formula is C34H40N4O3. The fourth-order valence-electron chi connectivity index (χ4n) is 8.22. The number of amides is 2. The van der Waals surface area contributed by atoms with E-state index in [0.29, 0.717) is 5.92 Å². The molecule has 7 nitrogen and oxygen atoms in total. The number of aromatic amines is 1. The van der Waals surface area contributed by atoms with Crippen LogP contribution in [0.2, 0.25) is 0 Å². The maximum atomic E-state index is 13.8. The number of imidazole rings is 1. The monoisotopic (exact) mass is 552 g/mol. The number of aromatic nitrogens is 2. The van der Waals surface area contributed by atoms with E-state index in [1.54, 1.807) is 11.1 Å². The molecule has 3 aromatic rings. The topological polar surface area (TPSA) is 87.3 Å². The number of carbonyl (C=O) groups excluding carboxylic acids is 2. The SMILES string of the molecule is COC(=O)N[C@H](C(=O)N1C2CCC(C2)[C@H]1c1ncc(-c2ccc(-c3ccc(C)c4c3CC3CCC43)cc2)[nH]1)C(C)C. The Morgan fingerprint density at radius 3 is 2.49 bits per heavy atom. The molecular weight excluding hydrogens is 512 g/mol. The van der Waals surface area contributed by atoms with Crippen LogP contribution in [-0.2, 0) is 16.0 Å². The zero-order chi connectivity index (χ0) is 28.4. The van der Waals surface area contributed by atoms with Gasteiger partial charge in [-0.2, -0.15) is 0 Å². The number of nitrogens with zero attached hydrogens (tertiary/aromatic N) is 2. The second-order valence-corrected chi connectivity index (χ2v) is 13.0. The molecule has 6 atom stereocenters. The fourth-order valence-corrected chi connectivity index (χ4v) is 8.22. The van der Waals surface area contributed by atoms with Gasteiger partial charge in [-0.3, -0.25) is 4.79 Å². The molecule has 2 bridgehead atoms. The summed E-state index contributed by atoms with van der Waals surface area (Å²) in [6, 6.07) is 12.9. The van der Waals surface area contributed by atoms with Crippen LogP contribution in [0.1, 0.15) is 80.4 Å². The molecule has 214 valence electrons. The number of benzene rings is 2. The molecule has 1 saturated heterocycles. The van der Waals surface area contributed by atoms with E-state index in [-0.39, 0.29) is 23.9 Å². The molecule has 3 aliphatic carbocycles. The lowest BCUT2D eigenvalue weighted by molar-refractivity contribution is -0.139. The van der Waals surface area contributed by atoms with Gasteiger partial charge in [0.2, 0.25) is 5.91 Å². The van der Waals surface area contributed by atoms with Crippen LogP contribution in [0.4, 0.5) is 4.79 Å². The molecule has 2 aromatic carbocycles. The summed E-state index contributed by atoms with van der Waals surface area (Å²) in [6.45, 7) is 6.17. The van der Waals surface area contributed by atoms with Crippen LogP contribution >= 0.6 is 0 Å². The van der Waals surface area contributed by atoms with Crippen molar-refractivity contribution < 1.29 is 14.3 Å².